The normalized spacial score (nSPS) is 11.0. The molecule has 0 saturated carbocycles. The Kier molecular flexibility index (Phi) is 6.30. The van der Waals surface area contributed by atoms with Gasteiger partial charge < -0.3 is 10.4 Å². The quantitative estimate of drug-likeness (QED) is 0.749. The number of carbonyl (C=O) groups excluding carboxylic acids is 2. The SMILES string of the molecule is CCN(CC(=O)NC(C)C)CC(=O)c1cc(F)ccc1O. The van der Waals surface area contributed by atoms with E-state index >= 15 is 0 Å². The number of ketones is 1. The summed E-state index contributed by atoms with van der Waals surface area (Å²) in [7, 11) is 0. The number of nitrogens with zero attached hydrogens (tertiary/aromatic N) is 1. The second-order valence-electron chi connectivity index (χ2n) is 5.11. The molecule has 1 amide bonds. The third-order valence-corrected chi connectivity index (χ3v) is 2.89. The Balaban J connectivity index is 2.70. The van der Waals surface area contributed by atoms with Crippen molar-refractivity contribution in [2.45, 2.75) is 26.8 Å². The van der Waals surface area contributed by atoms with Gasteiger partial charge in [-0.3, -0.25) is 14.5 Å². The van der Waals surface area contributed by atoms with Crippen LogP contribution in [0.5, 0.6) is 5.75 Å². The average Bonchev–Trinajstić information content (AvgIpc) is 2.39. The number of halogens is 1. The van der Waals surface area contributed by atoms with Gasteiger partial charge in [-0.15, -0.1) is 0 Å². The van der Waals surface area contributed by atoms with Crippen LogP contribution in [0.1, 0.15) is 31.1 Å². The summed E-state index contributed by atoms with van der Waals surface area (Å²) in [5, 5.41) is 12.3. The van der Waals surface area contributed by atoms with Crippen LogP contribution in [0.25, 0.3) is 0 Å². The largest absolute Gasteiger partial charge is 0.507 e. The number of Topliss-reactive ketones (excluding diaryl/α,β-unsaturated/α-hetero) is 1. The van der Waals surface area contributed by atoms with E-state index in [1.165, 1.54) is 0 Å². The Morgan fingerprint density at radius 1 is 1.33 bits per heavy atom. The second kappa shape index (κ2) is 7.73. The zero-order valence-electron chi connectivity index (χ0n) is 12.5. The first-order valence-corrected chi connectivity index (χ1v) is 6.87. The topological polar surface area (TPSA) is 69.6 Å². The van der Waals surface area contributed by atoms with Crippen molar-refractivity contribution in [2.75, 3.05) is 19.6 Å². The summed E-state index contributed by atoms with van der Waals surface area (Å²) in [6, 6.07) is 3.25. The van der Waals surface area contributed by atoms with E-state index in [2.05, 4.69) is 5.32 Å². The molecule has 0 spiro atoms. The van der Waals surface area contributed by atoms with Crippen molar-refractivity contribution in [3.63, 3.8) is 0 Å². The second-order valence-corrected chi connectivity index (χ2v) is 5.11. The predicted molar refractivity (Wildman–Crippen MR) is 77.8 cm³/mol. The van der Waals surface area contributed by atoms with Crippen LogP contribution in [0.4, 0.5) is 4.39 Å². The van der Waals surface area contributed by atoms with Crippen molar-refractivity contribution < 1.29 is 19.1 Å². The van der Waals surface area contributed by atoms with E-state index in [9.17, 15) is 19.1 Å². The number of rotatable bonds is 7. The van der Waals surface area contributed by atoms with Gasteiger partial charge in [0.15, 0.2) is 5.78 Å². The van der Waals surface area contributed by atoms with Crippen LogP contribution >= 0.6 is 0 Å². The van der Waals surface area contributed by atoms with Crippen molar-refractivity contribution in [3.05, 3.63) is 29.6 Å². The molecule has 0 heterocycles. The summed E-state index contributed by atoms with van der Waals surface area (Å²) in [5.41, 5.74) is -0.0716. The zero-order valence-corrected chi connectivity index (χ0v) is 12.5. The first-order chi connectivity index (χ1) is 9.83. The summed E-state index contributed by atoms with van der Waals surface area (Å²) in [5.74, 6) is -1.45. The Bertz CT molecular complexity index is 518. The minimum Gasteiger partial charge on any atom is -0.507 e. The molecule has 1 aromatic carbocycles. The van der Waals surface area contributed by atoms with E-state index in [1.807, 2.05) is 20.8 Å². The average molecular weight is 296 g/mol. The van der Waals surface area contributed by atoms with Gasteiger partial charge in [-0.25, -0.2) is 4.39 Å². The number of likely N-dealkylation sites (N-methyl/N-ethyl adjacent to an activating group) is 1. The van der Waals surface area contributed by atoms with Crippen LogP contribution in [0.15, 0.2) is 18.2 Å². The molecule has 0 saturated heterocycles. The maximum Gasteiger partial charge on any atom is 0.234 e. The summed E-state index contributed by atoms with van der Waals surface area (Å²) < 4.78 is 13.1. The highest BCUT2D eigenvalue weighted by molar-refractivity contribution is 6.00. The molecule has 1 rings (SSSR count). The lowest BCUT2D eigenvalue weighted by Crippen LogP contribution is -2.41. The molecule has 0 aromatic heterocycles. The smallest absolute Gasteiger partial charge is 0.234 e. The third kappa shape index (κ3) is 5.51. The zero-order chi connectivity index (χ0) is 16.0. The van der Waals surface area contributed by atoms with Gasteiger partial charge in [0.05, 0.1) is 18.7 Å². The van der Waals surface area contributed by atoms with Gasteiger partial charge in [-0.05, 0) is 38.6 Å². The molecule has 21 heavy (non-hydrogen) atoms. The number of amides is 1. The van der Waals surface area contributed by atoms with Crippen LogP contribution < -0.4 is 5.32 Å². The van der Waals surface area contributed by atoms with Crippen LogP contribution in [0.2, 0.25) is 0 Å². The first kappa shape index (κ1) is 17.1. The maximum atomic E-state index is 13.1. The molecule has 0 bridgehead atoms. The molecule has 0 unspecified atom stereocenters. The molecule has 0 atom stereocenters. The van der Waals surface area contributed by atoms with Gasteiger partial charge in [0.2, 0.25) is 5.91 Å². The highest BCUT2D eigenvalue weighted by Gasteiger charge is 2.17. The first-order valence-electron chi connectivity index (χ1n) is 6.87. The van der Waals surface area contributed by atoms with E-state index in [0.717, 1.165) is 18.2 Å². The number of phenolic OH excluding ortho intramolecular Hbond substituents is 1. The van der Waals surface area contributed by atoms with Gasteiger partial charge in [0.25, 0.3) is 0 Å². The molecule has 5 nitrogen and oxygen atoms in total. The van der Waals surface area contributed by atoms with Crippen molar-refractivity contribution in [1.82, 2.24) is 10.2 Å². The minimum atomic E-state index is -0.586. The van der Waals surface area contributed by atoms with Crippen molar-refractivity contribution in [3.8, 4) is 5.75 Å². The highest BCUT2D eigenvalue weighted by Crippen LogP contribution is 2.18. The van der Waals surface area contributed by atoms with Crippen molar-refractivity contribution in [1.29, 1.82) is 0 Å². The number of hydrogen-bond donors (Lipinski definition) is 2. The molecular formula is C15H21FN2O3. The number of benzene rings is 1. The van der Waals surface area contributed by atoms with Crippen LogP contribution in [0, 0.1) is 5.82 Å². The van der Waals surface area contributed by atoms with Gasteiger partial charge in [-0.2, -0.15) is 0 Å². The molecule has 0 fully saturated rings. The summed E-state index contributed by atoms with van der Waals surface area (Å²) >= 11 is 0. The minimum absolute atomic E-state index is 0.0270. The molecular weight excluding hydrogens is 275 g/mol. The lowest BCUT2D eigenvalue weighted by molar-refractivity contribution is -0.122. The predicted octanol–water partition coefficient (Wildman–Crippen LogP) is 1.56. The lowest BCUT2D eigenvalue weighted by atomic mass is 10.1. The highest BCUT2D eigenvalue weighted by atomic mass is 19.1. The van der Waals surface area contributed by atoms with Crippen molar-refractivity contribution in [2.24, 2.45) is 0 Å². The Hall–Kier alpha value is -1.95. The summed E-state index contributed by atoms with van der Waals surface area (Å²) in [4.78, 5) is 25.4. The van der Waals surface area contributed by atoms with Gasteiger partial charge in [-0.1, -0.05) is 6.92 Å². The molecule has 0 radical (unpaired) electrons. The van der Waals surface area contributed by atoms with Crippen LogP contribution in [-0.2, 0) is 4.79 Å². The van der Waals surface area contributed by atoms with Gasteiger partial charge in [0, 0.05) is 6.04 Å². The number of nitrogens with one attached hydrogen (secondary N) is 1. The summed E-state index contributed by atoms with van der Waals surface area (Å²) in [6.07, 6.45) is 0. The molecule has 6 heteroatoms. The third-order valence-electron chi connectivity index (χ3n) is 2.89. The van der Waals surface area contributed by atoms with Crippen LogP contribution in [0.3, 0.4) is 0 Å². The fourth-order valence-corrected chi connectivity index (χ4v) is 1.87. The van der Waals surface area contributed by atoms with Gasteiger partial charge >= 0.3 is 0 Å². The van der Waals surface area contributed by atoms with E-state index < -0.39 is 11.6 Å². The maximum absolute atomic E-state index is 13.1. The van der Waals surface area contributed by atoms with E-state index in [0.29, 0.717) is 6.54 Å². The standard InChI is InChI=1S/C15H21FN2O3/c1-4-18(9-15(21)17-10(2)3)8-14(20)12-7-11(16)5-6-13(12)19/h5-7,10,19H,4,8-9H2,1-3H3,(H,17,21). The molecule has 1 aromatic rings. The van der Waals surface area contributed by atoms with Crippen molar-refractivity contribution >= 4 is 11.7 Å². The lowest BCUT2D eigenvalue weighted by Gasteiger charge is -2.20. The van der Waals surface area contributed by atoms with E-state index in [1.54, 1.807) is 4.90 Å². The molecule has 116 valence electrons. The number of hydrogen-bond acceptors (Lipinski definition) is 4. The molecule has 0 aliphatic heterocycles. The molecule has 0 aliphatic rings. The monoisotopic (exact) mass is 296 g/mol. The fraction of sp³-hybridized carbons (Fsp3) is 0.467. The number of carbonyl (C=O) groups is 2. The molecule has 0 aliphatic carbocycles. The molecule has 2 N–H and O–H groups in total. The van der Waals surface area contributed by atoms with Gasteiger partial charge in [0.1, 0.15) is 11.6 Å². The van der Waals surface area contributed by atoms with E-state index in [4.69, 9.17) is 0 Å². The number of aromatic hydroxyl groups is 1. The number of phenols is 1. The Morgan fingerprint density at radius 2 is 2.00 bits per heavy atom. The summed E-state index contributed by atoms with van der Waals surface area (Å²) in [6.45, 7) is 6.04. The van der Waals surface area contributed by atoms with E-state index in [-0.39, 0.29) is 36.4 Å². The van der Waals surface area contributed by atoms with Crippen LogP contribution in [-0.4, -0.2) is 47.4 Å². The fourth-order valence-electron chi connectivity index (χ4n) is 1.87. The Labute approximate surface area is 123 Å². The Morgan fingerprint density at radius 3 is 2.57 bits per heavy atom.